The predicted molar refractivity (Wildman–Crippen MR) is 75.6 cm³/mol. The van der Waals surface area contributed by atoms with Gasteiger partial charge in [0.15, 0.2) is 5.82 Å². The SMILES string of the molecule is CCCC(C(=O)N1CCOC2(CCCC2)C1)c1nn[nH]n1. The topological polar surface area (TPSA) is 84.0 Å². The molecular formula is C14H23N5O2. The van der Waals surface area contributed by atoms with Gasteiger partial charge < -0.3 is 9.64 Å². The van der Waals surface area contributed by atoms with E-state index < -0.39 is 0 Å². The van der Waals surface area contributed by atoms with Gasteiger partial charge in [-0.25, -0.2) is 0 Å². The summed E-state index contributed by atoms with van der Waals surface area (Å²) in [5.74, 6) is 0.340. The highest BCUT2D eigenvalue weighted by Gasteiger charge is 2.42. The van der Waals surface area contributed by atoms with Crippen molar-refractivity contribution in [2.24, 2.45) is 0 Å². The third-order valence-corrected chi connectivity index (χ3v) is 4.62. The molecule has 7 nitrogen and oxygen atoms in total. The summed E-state index contributed by atoms with van der Waals surface area (Å²) < 4.78 is 5.99. The first-order valence-corrected chi connectivity index (χ1v) is 7.90. The summed E-state index contributed by atoms with van der Waals surface area (Å²) in [6.45, 7) is 4.08. The molecule has 2 heterocycles. The summed E-state index contributed by atoms with van der Waals surface area (Å²) in [6, 6.07) is 0. The standard InChI is InChI=1S/C14H23N5O2/c1-2-5-11(12-15-17-18-16-12)13(20)19-8-9-21-14(10-19)6-3-4-7-14/h11H,2-10H2,1H3,(H,15,16,17,18). The zero-order valence-electron chi connectivity index (χ0n) is 12.5. The van der Waals surface area contributed by atoms with Crippen LogP contribution in [0.4, 0.5) is 0 Å². The molecule has 0 bridgehead atoms. The minimum atomic E-state index is -0.287. The molecule has 1 atom stereocenters. The lowest BCUT2D eigenvalue weighted by molar-refractivity contribution is -0.151. The molecule has 1 saturated carbocycles. The van der Waals surface area contributed by atoms with E-state index in [2.05, 4.69) is 27.5 Å². The number of nitrogens with one attached hydrogen (secondary N) is 1. The van der Waals surface area contributed by atoms with Crippen molar-refractivity contribution < 1.29 is 9.53 Å². The van der Waals surface area contributed by atoms with Crippen LogP contribution in [0.15, 0.2) is 0 Å². The highest BCUT2D eigenvalue weighted by atomic mass is 16.5. The molecule has 1 aliphatic heterocycles. The Bertz CT molecular complexity index is 470. The number of tetrazole rings is 1. The molecule has 1 aromatic heterocycles. The molecule has 3 rings (SSSR count). The molecule has 1 amide bonds. The van der Waals surface area contributed by atoms with Gasteiger partial charge in [-0.05, 0) is 19.3 Å². The maximum Gasteiger partial charge on any atom is 0.233 e. The fraction of sp³-hybridized carbons (Fsp3) is 0.857. The number of aromatic nitrogens is 4. The summed E-state index contributed by atoms with van der Waals surface area (Å²) in [4.78, 5) is 14.8. The second kappa shape index (κ2) is 6.09. The number of carbonyl (C=O) groups is 1. The van der Waals surface area contributed by atoms with Crippen LogP contribution < -0.4 is 0 Å². The maximum atomic E-state index is 12.9. The molecule has 1 aliphatic carbocycles. The Morgan fingerprint density at radius 3 is 2.95 bits per heavy atom. The zero-order valence-corrected chi connectivity index (χ0v) is 12.5. The molecule has 0 radical (unpaired) electrons. The molecule has 0 aromatic carbocycles. The van der Waals surface area contributed by atoms with Gasteiger partial charge in [-0.1, -0.05) is 31.4 Å². The lowest BCUT2D eigenvalue weighted by atomic mass is 9.96. The minimum absolute atomic E-state index is 0.0953. The van der Waals surface area contributed by atoms with Crippen molar-refractivity contribution in [3.8, 4) is 0 Å². The Hall–Kier alpha value is -1.50. The molecule has 21 heavy (non-hydrogen) atoms. The highest BCUT2D eigenvalue weighted by molar-refractivity contribution is 5.83. The van der Waals surface area contributed by atoms with Gasteiger partial charge >= 0.3 is 0 Å². The number of aromatic amines is 1. The van der Waals surface area contributed by atoms with E-state index in [1.165, 1.54) is 12.8 Å². The number of carbonyl (C=O) groups excluding carboxylic acids is 1. The zero-order chi connectivity index (χ0) is 14.7. The molecule has 1 spiro atoms. The second-order valence-electron chi connectivity index (χ2n) is 6.11. The molecule has 7 heteroatoms. The number of ether oxygens (including phenoxy) is 1. The maximum absolute atomic E-state index is 12.9. The van der Waals surface area contributed by atoms with Gasteiger partial charge in [0.05, 0.1) is 12.2 Å². The third-order valence-electron chi connectivity index (χ3n) is 4.62. The number of H-pyrrole nitrogens is 1. The highest BCUT2D eigenvalue weighted by Crippen LogP contribution is 2.36. The van der Waals surface area contributed by atoms with Crippen molar-refractivity contribution in [2.45, 2.75) is 57.0 Å². The van der Waals surface area contributed by atoms with Crippen LogP contribution in [0.25, 0.3) is 0 Å². The molecule has 2 aliphatic rings. The lowest BCUT2D eigenvalue weighted by Crippen LogP contribution is -2.53. The van der Waals surface area contributed by atoms with Gasteiger partial charge in [0.25, 0.3) is 0 Å². The van der Waals surface area contributed by atoms with E-state index >= 15 is 0 Å². The molecule has 1 aromatic rings. The molecule has 2 fully saturated rings. The first-order chi connectivity index (χ1) is 10.2. The van der Waals surface area contributed by atoms with Crippen LogP contribution in [0.1, 0.15) is 57.2 Å². The van der Waals surface area contributed by atoms with E-state index in [0.717, 1.165) is 25.7 Å². The van der Waals surface area contributed by atoms with Crippen molar-refractivity contribution in [3.05, 3.63) is 5.82 Å². The molecular weight excluding hydrogens is 270 g/mol. The fourth-order valence-electron chi connectivity index (χ4n) is 3.54. The van der Waals surface area contributed by atoms with E-state index in [9.17, 15) is 4.79 Å². The second-order valence-corrected chi connectivity index (χ2v) is 6.11. The van der Waals surface area contributed by atoms with Crippen LogP contribution in [0.5, 0.6) is 0 Å². The largest absolute Gasteiger partial charge is 0.371 e. The Kier molecular flexibility index (Phi) is 4.19. The van der Waals surface area contributed by atoms with Crippen LogP contribution >= 0.6 is 0 Å². The fourth-order valence-corrected chi connectivity index (χ4v) is 3.54. The Balaban J connectivity index is 1.73. The quantitative estimate of drug-likeness (QED) is 0.903. The number of amides is 1. The summed E-state index contributed by atoms with van der Waals surface area (Å²) in [5.41, 5.74) is -0.0953. The van der Waals surface area contributed by atoms with Crippen molar-refractivity contribution >= 4 is 5.91 Å². The minimum Gasteiger partial charge on any atom is -0.371 e. The average Bonchev–Trinajstić information content (AvgIpc) is 3.16. The Labute approximate surface area is 124 Å². The number of nitrogens with zero attached hydrogens (tertiary/aromatic N) is 4. The van der Waals surface area contributed by atoms with E-state index in [4.69, 9.17) is 4.74 Å². The monoisotopic (exact) mass is 293 g/mol. The Morgan fingerprint density at radius 1 is 1.48 bits per heavy atom. The van der Waals surface area contributed by atoms with Crippen molar-refractivity contribution in [1.82, 2.24) is 25.5 Å². The lowest BCUT2D eigenvalue weighted by Gasteiger charge is -2.41. The van der Waals surface area contributed by atoms with E-state index in [1.54, 1.807) is 0 Å². The molecule has 1 unspecified atom stereocenters. The predicted octanol–water partition coefficient (Wildman–Crippen LogP) is 1.25. The normalized spacial score (nSPS) is 22.6. The van der Waals surface area contributed by atoms with Gasteiger partial charge in [-0.3, -0.25) is 4.79 Å². The number of rotatable bonds is 4. The third kappa shape index (κ3) is 2.92. The van der Waals surface area contributed by atoms with Crippen LogP contribution in [-0.4, -0.2) is 56.7 Å². The van der Waals surface area contributed by atoms with E-state index in [0.29, 0.717) is 25.5 Å². The van der Waals surface area contributed by atoms with Gasteiger partial charge in [-0.15, -0.1) is 10.2 Å². The van der Waals surface area contributed by atoms with Crippen molar-refractivity contribution in [1.29, 1.82) is 0 Å². The number of morpholine rings is 1. The molecule has 1 N–H and O–H groups in total. The van der Waals surface area contributed by atoms with E-state index in [1.807, 2.05) is 4.90 Å². The molecule has 1 saturated heterocycles. The van der Waals surface area contributed by atoms with Gasteiger partial charge in [0.2, 0.25) is 5.91 Å². The van der Waals surface area contributed by atoms with Gasteiger partial charge in [0, 0.05) is 13.1 Å². The van der Waals surface area contributed by atoms with Crippen LogP contribution in [0, 0.1) is 0 Å². The first-order valence-electron chi connectivity index (χ1n) is 7.90. The summed E-state index contributed by atoms with van der Waals surface area (Å²) in [7, 11) is 0. The smallest absolute Gasteiger partial charge is 0.233 e. The summed E-state index contributed by atoms with van der Waals surface area (Å²) in [5, 5.41) is 14.1. The summed E-state index contributed by atoms with van der Waals surface area (Å²) in [6.07, 6.45) is 6.20. The van der Waals surface area contributed by atoms with Crippen molar-refractivity contribution in [2.75, 3.05) is 19.7 Å². The number of hydrogen-bond donors (Lipinski definition) is 1. The van der Waals surface area contributed by atoms with Gasteiger partial charge in [0.1, 0.15) is 5.92 Å². The molecule has 116 valence electrons. The van der Waals surface area contributed by atoms with Gasteiger partial charge in [-0.2, -0.15) is 5.21 Å². The average molecular weight is 293 g/mol. The van der Waals surface area contributed by atoms with Crippen molar-refractivity contribution in [3.63, 3.8) is 0 Å². The first kappa shape index (κ1) is 14.4. The summed E-state index contributed by atoms with van der Waals surface area (Å²) >= 11 is 0. The van der Waals surface area contributed by atoms with Crippen LogP contribution in [0.2, 0.25) is 0 Å². The van der Waals surface area contributed by atoms with Crippen LogP contribution in [-0.2, 0) is 9.53 Å². The number of hydrogen-bond acceptors (Lipinski definition) is 5. The van der Waals surface area contributed by atoms with E-state index in [-0.39, 0.29) is 17.4 Å². The van der Waals surface area contributed by atoms with Crippen LogP contribution in [0.3, 0.4) is 0 Å². The Morgan fingerprint density at radius 2 is 2.29 bits per heavy atom.